The first kappa shape index (κ1) is 20.4. The van der Waals surface area contributed by atoms with Gasteiger partial charge in [0.2, 0.25) is 0 Å². The highest BCUT2D eigenvalue weighted by Crippen LogP contribution is 2.34. The molecule has 5 heteroatoms. The van der Waals surface area contributed by atoms with Crippen LogP contribution in [0, 0.1) is 19.8 Å². The second-order valence-electron chi connectivity index (χ2n) is 8.12. The molecule has 0 saturated carbocycles. The van der Waals surface area contributed by atoms with Gasteiger partial charge in [0.05, 0.1) is 12.2 Å². The molecule has 1 aliphatic heterocycles. The van der Waals surface area contributed by atoms with Crippen molar-refractivity contribution in [2.45, 2.75) is 32.6 Å². The molecule has 30 heavy (non-hydrogen) atoms. The first-order valence-electron chi connectivity index (χ1n) is 10.6. The van der Waals surface area contributed by atoms with Crippen LogP contribution in [0.15, 0.2) is 55.0 Å². The third kappa shape index (κ3) is 4.46. The van der Waals surface area contributed by atoms with Gasteiger partial charge in [-0.1, -0.05) is 30.3 Å². The van der Waals surface area contributed by atoms with Gasteiger partial charge in [0.1, 0.15) is 0 Å². The normalized spacial score (nSPS) is 15.7. The van der Waals surface area contributed by atoms with Gasteiger partial charge in [0, 0.05) is 37.2 Å². The summed E-state index contributed by atoms with van der Waals surface area (Å²) in [6.07, 6.45) is 5.59. The number of carbonyl (C=O) groups excluding carboxylic acids is 1. The molecule has 1 amide bonds. The number of hydrogen-bond donors (Lipinski definition) is 2. The summed E-state index contributed by atoms with van der Waals surface area (Å²) in [7, 11) is 0. The number of aryl methyl sites for hydroxylation is 1. The lowest BCUT2D eigenvalue weighted by atomic mass is 9.84. The molecule has 2 aromatic carbocycles. The fourth-order valence-corrected chi connectivity index (χ4v) is 4.19. The van der Waals surface area contributed by atoms with Gasteiger partial charge in [-0.05, 0) is 67.0 Å². The summed E-state index contributed by atoms with van der Waals surface area (Å²) >= 11 is 0. The molecule has 0 radical (unpaired) electrons. The van der Waals surface area contributed by atoms with Crippen LogP contribution in [0.1, 0.15) is 57.1 Å². The molecule has 2 heterocycles. The molecule has 1 unspecified atom stereocenters. The number of carbonyl (C=O) groups is 1. The summed E-state index contributed by atoms with van der Waals surface area (Å²) in [4.78, 5) is 20.4. The molecule has 1 atom stereocenters. The fraction of sp³-hybridized carbons (Fsp3) is 0.360. The van der Waals surface area contributed by atoms with Crippen molar-refractivity contribution in [3.05, 3.63) is 88.5 Å². The third-order valence-corrected chi connectivity index (χ3v) is 6.16. The lowest BCUT2D eigenvalue weighted by Gasteiger charge is -2.22. The molecule has 0 bridgehead atoms. The summed E-state index contributed by atoms with van der Waals surface area (Å²) in [6, 6.07) is 14.3. The predicted molar refractivity (Wildman–Crippen MR) is 118 cm³/mol. The van der Waals surface area contributed by atoms with E-state index in [-0.39, 0.29) is 11.8 Å². The number of rotatable bonds is 6. The van der Waals surface area contributed by atoms with Crippen LogP contribution in [0.5, 0.6) is 0 Å². The Labute approximate surface area is 177 Å². The van der Waals surface area contributed by atoms with Gasteiger partial charge < -0.3 is 15.0 Å². The molecular weight excluding hydrogens is 374 g/mol. The number of nitrogens with zero attached hydrogens (tertiary/aromatic N) is 1. The zero-order chi connectivity index (χ0) is 20.9. The minimum Gasteiger partial charge on any atom is -0.381 e. The van der Waals surface area contributed by atoms with Crippen molar-refractivity contribution in [1.82, 2.24) is 15.3 Å². The molecule has 5 nitrogen and oxygen atoms in total. The van der Waals surface area contributed by atoms with Crippen LogP contribution in [0.2, 0.25) is 0 Å². The Hall–Kier alpha value is -2.92. The molecule has 3 aromatic rings. The number of ether oxygens (including phenoxy) is 1. The maximum Gasteiger partial charge on any atom is 0.251 e. The zero-order valence-corrected chi connectivity index (χ0v) is 17.7. The number of H-pyrrole nitrogens is 1. The molecule has 156 valence electrons. The van der Waals surface area contributed by atoms with E-state index in [9.17, 15) is 4.79 Å². The smallest absolute Gasteiger partial charge is 0.251 e. The number of hydrogen-bond acceptors (Lipinski definition) is 3. The minimum atomic E-state index is -0.0207. The second kappa shape index (κ2) is 9.26. The molecule has 1 saturated heterocycles. The first-order chi connectivity index (χ1) is 14.6. The molecule has 1 fully saturated rings. The van der Waals surface area contributed by atoms with E-state index in [2.05, 4.69) is 53.4 Å². The quantitative estimate of drug-likeness (QED) is 0.642. The van der Waals surface area contributed by atoms with Crippen LogP contribution in [-0.4, -0.2) is 35.6 Å². The van der Waals surface area contributed by atoms with Crippen molar-refractivity contribution in [2.24, 2.45) is 5.92 Å². The van der Waals surface area contributed by atoms with Gasteiger partial charge >= 0.3 is 0 Å². The summed E-state index contributed by atoms with van der Waals surface area (Å²) < 4.78 is 5.41. The van der Waals surface area contributed by atoms with Crippen LogP contribution in [0.25, 0.3) is 0 Å². The molecule has 0 aliphatic carbocycles. The van der Waals surface area contributed by atoms with Crippen molar-refractivity contribution >= 4 is 5.91 Å². The highest BCUT2D eigenvalue weighted by atomic mass is 16.5. The maximum absolute atomic E-state index is 12.8. The number of aromatic amines is 1. The highest BCUT2D eigenvalue weighted by molar-refractivity contribution is 5.94. The van der Waals surface area contributed by atoms with Gasteiger partial charge in [-0.15, -0.1) is 0 Å². The molecule has 2 N–H and O–H groups in total. The molecule has 1 aliphatic rings. The van der Waals surface area contributed by atoms with Crippen LogP contribution >= 0.6 is 0 Å². The number of aromatic nitrogens is 2. The lowest BCUT2D eigenvalue weighted by Crippen LogP contribution is -2.32. The second-order valence-corrected chi connectivity index (χ2v) is 8.12. The SMILES string of the molecule is Cc1cccc(C(c2cccc(C(=O)NCC3CCOCC3)c2)c2cnc[nH]2)c1C. The third-order valence-electron chi connectivity index (χ3n) is 6.16. The van der Waals surface area contributed by atoms with E-state index in [0.717, 1.165) is 37.3 Å². The Morgan fingerprint density at radius 3 is 2.77 bits per heavy atom. The van der Waals surface area contributed by atoms with Crippen LogP contribution in [0.3, 0.4) is 0 Å². The van der Waals surface area contributed by atoms with Gasteiger partial charge in [0.15, 0.2) is 0 Å². The van der Waals surface area contributed by atoms with Crippen LogP contribution in [-0.2, 0) is 4.74 Å². The topological polar surface area (TPSA) is 67.0 Å². The lowest BCUT2D eigenvalue weighted by molar-refractivity contribution is 0.0642. The molecule has 0 spiro atoms. The Morgan fingerprint density at radius 1 is 1.20 bits per heavy atom. The fourth-order valence-electron chi connectivity index (χ4n) is 4.19. The van der Waals surface area contributed by atoms with Gasteiger partial charge in [-0.2, -0.15) is 0 Å². The van der Waals surface area contributed by atoms with Gasteiger partial charge in [0.25, 0.3) is 5.91 Å². The highest BCUT2D eigenvalue weighted by Gasteiger charge is 2.22. The van der Waals surface area contributed by atoms with Crippen molar-refractivity contribution in [3.8, 4) is 0 Å². The minimum absolute atomic E-state index is 0.00403. The van der Waals surface area contributed by atoms with E-state index in [1.165, 1.54) is 16.7 Å². The largest absolute Gasteiger partial charge is 0.381 e. The van der Waals surface area contributed by atoms with E-state index < -0.39 is 0 Å². The Morgan fingerprint density at radius 2 is 2.00 bits per heavy atom. The van der Waals surface area contributed by atoms with E-state index in [1.54, 1.807) is 6.33 Å². The summed E-state index contributed by atoms with van der Waals surface area (Å²) in [5.74, 6) is 0.474. The number of imidazole rings is 1. The number of amides is 1. The average Bonchev–Trinajstić information content (AvgIpc) is 3.30. The average molecular weight is 404 g/mol. The summed E-state index contributed by atoms with van der Waals surface area (Å²) in [6.45, 7) is 6.56. The maximum atomic E-state index is 12.8. The van der Waals surface area contributed by atoms with E-state index in [4.69, 9.17) is 4.74 Å². The number of benzene rings is 2. The van der Waals surface area contributed by atoms with Crippen molar-refractivity contribution in [3.63, 3.8) is 0 Å². The summed E-state index contributed by atoms with van der Waals surface area (Å²) in [5, 5.41) is 3.12. The van der Waals surface area contributed by atoms with Crippen LogP contribution < -0.4 is 5.32 Å². The molecule has 4 rings (SSSR count). The van der Waals surface area contributed by atoms with E-state index in [0.29, 0.717) is 18.0 Å². The Kier molecular flexibility index (Phi) is 6.29. The standard InChI is InChI=1S/C25H29N3O2/c1-17-5-3-8-22(18(17)2)24(23-15-26-16-28-23)20-6-4-7-21(13-20)25(29)27-14-19-9-11-30-12-10-19/h3-8,13,15-16,19,24H,9-12,14H2,1-2H3,(H,26,28)(H,27,29). The van der Waals surface area contributed by atoms with Gasteiger partial charge in [-0.3, -0.25) is 4.79 Å². The van der Waals surface area contributed by atoms with Crippen molar-refractivity contribution in [1.29, 1.82) is 0 Å². The Bertz CT molecular complexity index is 991. The first-order valence-corrected chi connectivity index (χ1v) is 10.6. The Balaban J connectivity index is 1.61. The van der Waals surface area contributed by atoms with Gasteiger partial charge in [-0.25, -0.2) is 4.98 Å². The van der Waals surface area contributed by atoms with E-state index >= 15 is 0 Å². The van der Waals surface area contributed by atoms with Crippen molar-refractivity contribution < 1.29 is 9.53 Å². The zero-order valence-electron chi connectivity index (χ0n) is 17.7. The monoisotopic (exact) mass is 403 g/mol. The number of nitrogens with one attached hydrogen (secondary N) is 2. The van der Waals surface area contributed by atoms with Crippen molar-refractivity contribution in [2.75, 3.05) is 19.8 Å². The molecular formula is C25H29N3O2. The molecule has 1 aromatic heterocycles. The van der Waals surface area contributed by atoms with E-state index in [1.807, 2.05) is 24.4 Å². The predicted octanol–water partition coefficient (Wildman–Crippen LogP) is 4.36. The summed E-state index contributed by atoms with van der Waals surface area (Å²) in [5.41, 5.74) is 6.51. The van der Waals surface area contributed by atoms with Crippen LogP contribution in [0.4, 0.5) is 0 Å².